The highest BCUT2D eigenvalue weighted by Crippen LogP contribution is 2.47. The minimum Gasteiger partial charge on any atom is -0.314 e. The normalized spacial score (nSPS) is 26.8. The molecule has 2 fully saturated rings. The fourth-order valence-electron chi connectivity index (χ4n) is 3.51. The van der Waals surface area contributed by atoms with Gasteiger partial charge in [-0.05, 0) is 43.6 Å². The quantitative estimate of drug-likeness (QED) is 0.703. The monoisotopic (exact) mass is 209 g/mol. The van der Waals surface area contributed by atoms with Crippen LogP contribution in [-0.2, 0) is 0 Å². The average Bonchev–Trinajstić information content (AvgIpc) is 2.94. The van der Waals surface area contributed by atoms with Gasteiger partial charge in [0.25, 0.3) is 0 Å². The van der Waals surface area contributed by atoms with Crippen molar-refractivity contribution in [2.75, 3.05) is 6.54 Å². The van der Waals surface area contributed by atoms with Crippen molar-refractivity contribution in [3.05, 3.63) is 0 Å². The highest BCUT2D eigenvalue weighted by atomic mass is 14.9. The van der Waals surface area contributed by atoms with Crippen molar-refractivity contribution in [2.24, 2.45) is 11.3 Å². The number of hydrogen-bond donors (Lipinski definition) is 1. The summed E-state index contributed by atoms with van der Waals surface area (Å²) in [5.74, 6) is 1.07. The van der Waals surface area contributed by atoms with Gasteiger partial charge in [0.1, 0.15) is 0 Å². The van der Waals surface area contributed by atoms with Gasteiger partial charge in [-0.15, -0.1) is 0 Å². The first kappa shape index (κ1) is 11.4. The van der Waals surface area contributed by atoms with Crippen molar-refractivity contribution in [1.82, 2.24) is 5.32 Å². The van der Waals surface area contributed by atoms with Crippen molar-refractivity contribution in [1.29, 1.82) is 0 Å². The summed E-state index contributed by atoms with van der Waals surface area (Å²) < 4.78 is 0. The molecule has 2 aliphatic carbocycles. The Hall–Kier alpha value is -0.0400. The smallest absolute Gasteiger partial charge is 0.0126 e. The average molecular weight is 209 g/mol. The van der Waals surface area contributed by atoms with Gasteiger partial charge < -0.3 is 5.32 Å². The maximum absolute atomic E-state index is 3.79. The van der Waals surface area contributed by atoms with Gasteiger partial charge in [-0.3, -0.25) is 0 Å². The van der Waals surface area contributed by atoms with Crippen LogP contribution in [0.1, 0.15) is 65.2 Å². The number of hydrogen-bond acceptors (Lipinski definition) is 1. The first-order valence-corrected chi connectivity index (χ1v) is 7.04. The molecule has 0 bridgehead atoms. The van der Waals surface area contributed by atoms with Crippen LogP contribution in [0.4, 0.5) is 0 Å². The van der Waals surface area contributed by atoms with E-state index >= 15 is 0 Å². The van der Waals surface area contributed by atoms with Crippen molar-refractivity contribution in [2.45, 2.75) is 71.3 Å². The molecule has 2 aliphatic rings. The second kappa shape index (κ2) is 4.86. The van der Waals surface area contributed by atoms with E-state index in [1.165, 1.54) is 51.4 Å². The Balaban J connectivity index is 1.98. The fourth-order valence-corrected chi connectivity index (χ4v) is 3.51. The molecule has 0 aromatic rings. The van der Waals surface area contributed by atoms with Crippen LogP contribution in [0.25, 0.3) is 0 Å². The van der Waals surface area contributed by atoms with Gasteiger partial charge in [-0.2, -0.15) is 0 Å². The van der Waals surface area contributed by atoms with Crippen LogP contribution >= 0.6 is 0 Å². The van der Waals surface area contributed by atoms with Crippen LogP contribution in [0.5, 0.6) is 0 Å². The molecular formula is C14H27N. The molecule has 0 aromatic heterocycles. The van der Waals surface area contributed by atoms with Gasteiger partial charge in [0.2, 0.25) is 0 Å². The molecule has 88 valence electrons. The van der Waals surface area contributed by atoms with Crippen LogP contribution in [-0.4, -0.2) is 12.6 Å². The van der Waals surface area contributed by atoms with Gasteiger partial charge in [-0.25, -0.2) is 0 Å². The summed E-state index contributed by atoms with van der Waals surface area (Å²) in [4.78, 5) is 0. The first-order chi connectivity index (χ1) is 7.30. The fraction of sp³-hybridized carbons (Fsp3) is 1.00. The van der Waals surface area contributed by atoms with E-state index in [0.717, 1.165) is 18.5 Å². The summed E-state index contributed by atoms with van der Waals surface area (Å²) in [5, 5.41) is 3.79. The Morgan fingerprint density at radius 2 is 1.87 bits per heavy atom. The second-order valence-electron chi connectivity index (χ2n) is 5.71. The second-order valence-corrected chi connectivity index (χ2v) is 5.71. The van der Waals surface area contributed by atoms with Gasteiger partial charge in [0.15, 0.2) is 0 Å². The topological polar surface area (TPSA) is 12.0 Å². The zero-order chi connectivity index (χ0) is 10.7. The van der Waals surface area contributed by atoms with E-state index in [4.69, 9.17) is 0 Å². The van der Waals surface area contributed by atoms with Gasteiger partial charge in [0, 0.05) is 6.04 Å². The first-order valence-electron chi connectivity index (χ1n) is 7.04. The lowest BCUT2D eigenvalue weighted by Gasteiger charge is -2.38. The summed E-state index contributed by atoms with van der Waals surface area (Å²) in [5.41, 5.74) is 0.665. The third kappa shape index (κ3) is 2.55. The molecule has 1 heteroatoms. The summed E-state index contributed by atoms with van der Waals surface area (Å²) in [6.07, 6.45) is 11.8. The molecular weight excluding hydrogens is 182 g/mol. The lowest BCUT2D eigenvalue weighted by Crippen LogP contribution is -2.44. The zero-order valence-corrected chi connectivity index (χ0v) is 10.5. The molecule has 0 heterocycles. The SMILES string of the molecule is CCNC(CC1CC1)C1(CC)CCCC1. The lowest BCUT2D eigenvalue weighted by atomic mass is 9.74. The van der Waals surface area contributed by atoms with E-state index < -0.39 is 0 Å². The summed E-state index contributed by atoms with van der Waals surface area (Å²) in [7, 11) is 0. The minimum absolute atomic E-state index is 0.665. The van der Waals surface area contributed by atoms with Crippen LogP contribution in [0.3, 0.4) is 0 Å². The van der Waals surface area contributed by atoms with Crippen LogP contribution in [0.2, 0.25) is 0 Å². The maximum Gasteiger partial charge on any atom is 0.0126 e. The Bertz CT molecular complexity index is 190. The molecule has 0 aliphatic heterocycles. The third-order valence-electron chi connectivity index (χ3n) is 4.76. The standard InChI is InChI=1S/C14H27N/c1-3-14(9-5-6-10-14)13(15-4-2)11-12-7-8-12/h12-13,15H,3-11H2,1-2H3. The highest BCUT2D eigenvalue weighted by molar-refractivity contribution is 4.96. The zero-order valence-electron chi connectivity index (χ0n) is 10.5. The molecule has 0 radical (unpaired) electrons. The molecule has 0 spiro atoms. The van der Waals surface area contributed by atoms with E-state index in [1.54, 1.807) is 0 Å². The van der Waals surface area contributed by atoms with E-state index in [1.807, 2.05) is 0 Å². The lowest BCUT2D eigenvalue weighted by molar-refractivity contribution is 0.173. The van der Waals surface area contributed by atoms with Crippen molar-refractivity contribution in [3.63, 3.8) is 0 Å². The van der Waals surface area contributed by atoms with Crippen LogP contribution < -0.4 is 5.32 Å². The number of rotatable bonds is 6. The van der Waals surface area contributed by atoms with Gasteiger partial charge >= 0.3 is 0 Å². The van der Waals surface area contributed by atoms with Crippen LogP contribution in [0, 0.1) is 11.3 Å². The van der Waals surface area contributed by atoms with Gasteiger partial charge in [0.05, 0.1) is 0 Å². The van der Waals surface area contributed by atoms with E-state index in [-0.39, 0.29) is 0 Å². The highest BCUT2D eigenvalue weighted by Gasteiger charge is 2.41. The molecule has 0 amide bonds. The number of nitrogens with one attached hydrogen (secondary N) is 1. The Morgan fingerprint density at radius 1 is 1.20 bits per heavy atom. The Morgan fingerprint density at radius 3 is 2.33 bits per heavy atom. The molecule has 1 unspecified atom stereocenters. The Kier molecular flexibility index (Phi) is 3.71. The van der Waals surface area contributed by atoms with E-state index in [9.17, 15) is 0 Å². The molecule has 15 heavy (non-hydrogen) atoms. The Labute approximate surface area is 95.0 Å². The van der Waals surface area contributed by atoms with Gasteiger partial charge in [-0.1, -0.05) is 39.5 Å². The molecule has 1 N–H and O–H groups in total. The van der Waals surface area contributed by atoms with Crippen molar-refractivity contribution >= 4 is 0 Å². The largest absolute Gasteiger partial charge is 0.314 e. The molecule has 2 rings (SSSR count). The predicted molar refractivity (Wildman–Crippen MR) is 66.0 cm³/mol. The van der Waals surface area contributed by atoms with E-state index in [0.29, 0.717) is 5.41 Å². The third-order valence-corrected chi connectivity index (χ3v) is 4.76. The van der Waals surface area contributed by atoms with Crippen molar-refractivity contribution in [3.8, 4) is 0 Å². The van der Waals surface area contributed by atoms with E-state index in [2.05, 4.69) is 19.2 Å². The summed E-state index contributed by atoms with van der Waals surface area (Å²) in [6.45, 7) is 5.82. The molecule has 0 aromatic carbocycles. The molecule has 0 saturated heterocycles. The summed E-state index contributed by atoms with van der Waals surface area (Å²) >= 11 is 0. The minimum atomic E-state index is 0.665. The van der Waals surface area contributed by atoms with Crippen molar-refractivity contribution < 1.29 is 0 Å². The van der Waals surface area contributed by atoms with Crippen LogP contribution in [0.15, 0.2) is 0 Å². The molecule has 1 atom stereocenters. The molecule has 1 nitrogen and oxygen atoms in total. The predicted octanol–water partition coefficient (Wildman–Crippen LogP) is 3.74. The molecule has 2 saturated carbocycles. The summed E-state index contributed by atoms with van der Waals surface area (Å²) in [6, 6.07) is 0.822. The maximum atomic E-state index is 3.79.